The van der Waals surface area contributed by atoms with E-state index in [9.17, 15) is 10.1 Å². The number of halogens is 1. The number of nitro benzene ring substituents is 1. The van der Waals surface area contributed by atoms with Crippen LogP contribution >= 0.6 is 24.0 Å². The molecule has 0 fully saturated rings. The van der Waals surface area contributed by atoms with E-state index in [4.69, 9.17) is 0 Å². The van der Waals surface area contributed by atoms with Gasteiger partial charge >= 0.3 is 0 Å². The second-order valence-electron chi connectivity index (χ2n) is 6.41. The molecule has 0 saturated carbocycles. The lowest BCUT2D eigenvalue weighted by Gasteiger charge is -2.13. The maximum absolute atomic E-state index is 11.2. The van der Waals surface area contributed by atoms with Gasteiger partial charge in [0.2, 0.25) is 0 Å². The van der Waals surface area contributed by atoms with Crippen molar-refractivity contribution in [2.24, 2.45) is 4.99 Å². The van der Waals surface area contributed by atoms with Crippen LogP contribution in [0.15, 0.2) is 72.0 Å². The van der Waals surface area contributed by atoms with Crippen LogP contribution in [0.5, 0.6) is 0 Å². The summed E-state index contributed by atoms with van der Waals surface area (Å²) in [5, 5.41) is 21.8. The molecule has 0 spiro atoms. The van der Waals surface area contributed by atoms with Gasteiger partial charge in [-0.25, -0.2) is 4.99 Å². The monoisotopic (exact) mass is 520 g/mol. The normalized spacial score (nSPS) is 10.9. The summed E-state index contributed by atoms with van der Waals surface area (Å²) in [4.78, 5) is 15.5. The first-order valence-electron chi connectivity index (χ1n) is 9.46. The molecule has 8 nitrogen and oxygen atoms in total. The minimum absolute atomic E-state index is 0. The fourth-order valence-corrected chi connectivity index (χ4v) is 2.96. The van der Waals surface area contributed by atoms with Crippen molar-refractivity contribution >= 4 is 35.6 Å². The molecule has 0 bridgehead atoms. The number of aliphatic imine (C=N–C) groups is 1. The summed E-state index contributed by atoms with van der Waals surface area (Å²) in [5.41, 5.74) is 2.96. The maximum atomic E-state index is 11.2. The number of para-hydroxylation sites is 1. The Labute approximate surface area is 192 Å². The highest BCUT2D eigenvalue weighted by Gasteiger charge is 2.12. The van der Waals surface area contributed by atoms with Gasteiger partial charge in [0, 0.05) is 37.1 Å². The molecule has 3 aromatic rings. The van der Waals surface area contributed by atoms with E-state index in [1.165, 1.54) is 6.07 Å². The smallest absolute Gasteiger partial charge is 0.274 e. The van der Waals surface area contributed by atoms with Crippen LogP contribution in [-0.2, 0) is 19.6 Å². The molecule has 0 saturated heterocycles. The number of hydrogen-bond donors (Lipinski definition) is 2. The van der Waals surface area contributed by atoms with Crippen molar-refractivity contribution in [3.63, 3.8) is 0 Å². The first-order chi connectivity index (χ1) is 14.2. The van der Waals surface area contributed by atoms with Gasteiger partial charge in [0.25, 0.3) is 5.69 Å². The third-order valence-electron chi connectivity index (χ3n) is 4.40. The van der Waals surface area contributed by atoms with E-state index in [0.717, 1.165) is 11.1 Å². The van der Waals surface area contributed by atoms with E-state index in [0.29, 0.717) is 37.7 Å². The number of nitro groups is 1. The first-order valence-corrected chi connectivity index (χ1v) is 9.46. The van der Waals surface area contributed by atoms with E-state index < -0.39 is 0 Å². The van der Waals surface area contributed by atoms with Gasteiger partial charge in [-0.1, -0.05) is 42.5 Å². The Morgan fingerprint density at radius 2 is 1.77 bits per heavy atom. The zero-order valence-corrected chi connectivity index (χ0v) is 19.0. The van der Waals surface area contributed by atoms with E-state index in [2.05, 4.69) is 26.8 Å². The Hall–Kier alpha value is -2.95. The molecule has 30 heavy (non-hydrogen) atoms. The molecule has 2 N–H and O–H groups in total. The van der Waals surface area contributed by atoms with Crippen molar-refractivity contribution in [3.8, 4) is 0 Å². The van der Waals surface area contributed by atoms with Crippen molar-refractivity contribution in [2.75, 3.05) is 6.54 Å². The highest BCUT2D eigenvalue weighted by atomic mass is 127. The number of rotatable bonds is 8. The van der Waals surface area contributed by atoms with Crippen LogP contribution in [-0.4, -0.2) is 27.2 Å². The van der Waals surface area contributed by atoms with Crippen molar-refractivity contribution in [3.05, 3.63) is 93.8 Å². The molecule has 9 heteroatoms. The second kappa shape index (κ2) is 11.9. The molecule has 3 rings (SSSR count). The van der Waals surface area contributed by atoms with Gasteiger partial charge in [0.15, 0.2) is 5.96 Å². The summed E-state index contributed by atoms with van der Waals surface area (Å²) in [6.45, 7) is 4.16. The summed E-state index contributed by atoms with van der Waals surface area (Å²) in [6, 6.07) is 16.7. The van der Waals surface area contributed by atoms with Gasteiger partial charge in [0.05, 0.1) is 18.0 Å². The van der Waals surface area contributed by atoms with E-state index >= 15 is 0 Å². The van der Waals surface area contributed by atoms with Gasteiger partial charge in [-0.3, -0.25) is 14.8 Å². The lowest BCUT2D eigenvalue weighted by Crippen LogP contribution is -2.37. The van der Waals surface area contributed by atoms with Crippen LogP contribution in [0.3, 0.4) is 0 Å². The average molecular weight is 520 g/mol. The standard InChI is InChI=1S/C21H24N6O2.HI/c1-2-22-21(24-15-18-9-5-6-11-20(18)27(28)29)23-14-17-8-3-4-10-19(17)16-26-13-7-12-25-26;/h3-13H,2,14-16H2,1H3,(H2,22,23,24);1H. The lowest BCUT2D eigenvalue weighted by atomic mass is 10.1. The summed E-state index contributed by atoms with van der Waals surface area (Å²) in [6.07, 6.45) is 3.69. The zero-order valence-electron chi connectivity index (χ0n) is 16.7. The van der Waals surface area contributed by atoms with Crippen LogP contribution in [0, 0.1) is 10.1 Å². The van der Waals surface area contributed by atoms with Crippen molar-refractivity contribution in [1.82, 2.24) is 20.4 Å². The van der Waals surface area contributed by atoms with Crippen LogP contribution in [0.25, 0.3) is 0 Å². The van der Waals surface area contributed by atoms with E-state index in [1.54, 1.807) is 24.4 Å². The molecule has 0 atom stereocenters. The van der Waals surface area contributed by atoms with E-state index in [-0.39, 0.29) is 34.6 Å². The molecule has 0 radical (unpaired) electrons. The lowest BCUT2D eigenvalue weighted by molar-refractivity contribution is -0.385. The van der Waals surface area contributed by atoms with Gasteiger partial charge in [0.1, 0.15) is 0 Å². The number of nitrogens with one attached hydrogen (secondary N) is 2. The maximum Gasteiger partial charge on any atom is 0.274 e. The Bertz CT molecular complexity index is 975. The Kier molecular flexibility index (Phi) is 9.26. The number of aromatic nitrogens is 2. The molecule has 0 amide bonds. The predicted octanol–water partition coefficient (Wildman–Crippen LogP) is 3.71. The Morgan fingerprint density at radius 3 is 2.43 bits per heavy atom. The van der Waals surface area contributed by atoms with Gasteiger partial charge in [-0.2, -0.15) is 5.10 Å². The minimum atomic E-state index is -0.368. The molecule has 1 heterocycles. The Morgan fingerprint density at radius 1 is 1.07 bits per heavy atom. The molecule has 0 aliphatic carbocycles. The SMILES string of the molecule is CCNC(=NCc1ccccc1Cn1cccn1)NCc1ccccc1[N+](=O)[O-].I. The van der Waals surface area contributed by atoms with Crippen molar-refractivity contribution in [2.45, 2.75) is 26.6 Å². The number of hydrogen-bond acceptors (Lipinski definition) is 4. The molecular weight excluding hydrogens is 495 g/mol. The third kappa shape index (κ3) is 6.55. The summed E-state index contributed by atoms with van der Waals surface area (Å²) < 4.78 is 1.88. The molecule has 0 aliphatic heterocycles. The molecule has 1 aromatic heterocycles. The summed E-state index contributed by atoms with van der Waals surface area (Å²) >= 11 is 0. The average Bonchev–Trinajstić information content (AvgIpc) is 3.24. The predicted molar refractivity (Wildman–Crippen MR) is 128 cm³/mol. The van der Waals surface area contributed by atoms with Crippen LogP contribution in [0.1, 0.15) is 23.6 Å². The first kappa shape index (κ1) is 23.3. The summed E-state index contributed by atoms with van der Waals surface area (Å²) in [5.74, 6) is 0.611. The number of guanidine groups is 1. The van der Waals surface area contributed by atoms with Crippen LogP contribution in [0.4, 0.5) is 5.69 Å². The van der Waals surface area contributed by atoms with Gasteiger partial charge in [-0.15, -0.1) is 24.0 Å². The fraction of sp³-hybridized carbons (Fsp3) is 0.238. The molecule has 0 aliphatic rings. The van der Waals surface area contributed by atoms with Gasteiger partial charge < -0.3 is 10.6 Å². The van der Waals surface area contributed by atoms with Crippen LogP contribution < -0.4 is 10.6 Å². The van der Waals surface area contributed by atoms with Crippen LogP contribution in [0.2, 0.25) is 0 Å². The highest BCUT2D eigenvalue weighted by molar-refractivity contribution is 14.0. The summed E-state index contributed by atoms with van der Waals surface area (Å²) in [7, 11) is 0. The molecular formula is C21H25IN6O2. The molecule has 0 unspecified atom stereocenters. The highest BCUT2D eigenvalue weighted by Crippen LogP contribution is 2.17. The third-order valence-corrected chi connectivity index (χ3v) is 4.40. The van der Waals surface area contributed by atoms with Crippen molar-refractivity contribution < 1.29 is 4.92 Å². The molecule has 2 aromatic carbocycles. The molecule has 158 valence electrons. The Balaban J connectivity index is 0.00000320. The zero-order chi connectivity index (χ0) is 20.5. The van der Waals surface area contributed by atoms with Gasteiger partial charge in [-0.05, 0) is 24.1 Å². The minimum Gasteiger partial charge on any atom is -0.357 e. The largest absolute Gasteiger partial charge is 0.357 e. The topological polar surface area (TPSA) is 97.4 Å². The quantitative estimate of drug-likeness (QED) is 0.155. The number of nitrogens with zero attached hydrogens (tertiary/aromatic N) is 4. The van der Waals surface area contributed by atoms with Crippen molar-refractivity contribution in [1.29, 1.82) is 0 Å². The second-order valence-corrected chi connectivity index (χ2v) is 6.41. The van der Waals surface area contributed by atoms with E-state index in [1.807, 2.05) is 42.1 Å². The number of benzene rings is 2. The fourth-order valence-electron chi connectivity index (χ4n) is 2.96.